The third kappa shape index (κ3) is 6.46. The zero-order valence-electron chi connectivity index (χ0n) is 18.6. The zero-order chi connectivity index (χ0) is 24.0. The lowest BCUT2D eigenvalue weighted by molar-refractivity contribution is -0.150. The monoisotopic (exact) mass is 494 g/mol. The lowest BCUT2D eigenvalue weighted by atomic mass is 9.97. The van der Waals surface area contributed by atoms with E-state index in [9.17, 15) is 18.0 Å². The molecule has 1 heterocycles. The zero-order valence-corrected chi connectivity index (χ0v) is 20.1. The summed E-state index contributed by atoms with van der Waals surface area (Å²) in [6.45, 7) is 1.08. The van der Waals surface area contributed by atoms with E-state index in [2.05, 4.69) is 0 Å². The predicted octanol–water partition coefficient (Wildman–Crippen LogP) is 3.06. The Balaban J connectivity index is 1.45. The third-order valence-corrected chi connectivity index (χ3v) is 7.41. The molecule has 1 fully saturated rings. The molecule has 10 heteroatoms. The summed E-state index contributed by atoms with van der Waals surface area (Å²) in [4.78, 5) is 27.0. The van der Waals surface area contributed by atoms with Crippen LogP contribution in [-0.4, -0.2) is 69.9 Å². The second kappa shape index (κ2) is 11.0. The first-order valence-corrected chi connectivity index (χ1v) is 12.4. The van der Waals surface area contributed by atoms with Crippen LogP contribution in [0.25, 0.3) is 0 Å². The van der Waals surface area contributed by atoms with Gasteiger partial charge in [-0.3, -0.25) is 9.59 Å². The largest absolute Gasteiger partial charge is 0.490 e. The number of piperidine rings is 1. The summed E-state index contributed by atoms with van der Waals surface area (Å²) < 4.78 is 36.2. The maximum atomic E-state index is 12.7. The minimum absolute atomic E-state index is 0.0538. The number of rotatable bonds is 8. The van der Waals surface area contributed by atoms with Crippen molar-refractivity contribution < 1.29 is 27.5 Å². The summed E-state index contributed by atoms with van der Waals surface area (Å²) in [6, 6.07) is 12.7. The number of carbonyl (C=O) groups excluding carboxylic acids is 2. The molecular weight excluding hydrogens is 468 g/mol. The maximum absolute atomic E-state index is 12.7. The fraction of sp³-hybridized carbons (Fsp3) is 0.391. The van der Waals surface area contributed by atoms with Crippen LogP contribution in [0, 0.1) is 5.92 Å². The molecule has 178 valence electrons. The van der Waals surface area contributed by atoms with Crippen molar-refractivity contribution in [2.45, 2.75) is 17.7 Å². The number of hydrogen-bond donors (Lipinski definition) is 0. The molecule has 8 nitrogen and oxygen atoms in total. The second-order valence-corrected chi connectivity index (χ2v) is 10.5. The van der Waals surface area contributed by atoms with E-state index in [4.69, 9.17) is 21.1 Å². The normalized spacial score (nSPS) is 16.5. The number of sulfonamides is 1. The quantitative estimate of drug-likeness (QED) is 0.413. The van der Waals surface area contributed by atoms with Gasteiger partial charge in [-0.25, -0.2) is 12.7 Å². The van der Waals surface area contributed by atoms with E-state index in [1.165, 1.54) is 26.2 Å². The Morgan fingerprint density at radius 1 is 1.06 bits per heavy atom. The highest BCUT2D eigenvalue weighted by Gasteiger charge is 2.30. The number of halogens is 1. The molecule has 0 N–H and O–H groups in total. The van der Waals surface area contributed by atoms with Crippen molar-refractivity contribution in [3.8, 4) is 5.75 Å². The first kappa shape index (κ1) is 25.0. The highest BCUT2D eigenvalue weighted by molar-refractivity contribution is 7.89. The third-order valence-electron chi connectivity index (χ3n) is 5.33. The highest BCUT2D eigenvalue weighted by Crippen LogP contribution is 2.21. The van der Waals surface area contributed by atoms with Crippen molar-refractivity contribution in [3.63, 3.8) is 0 Å². The molecule has 33 heavy (non-hydrogen) atoms. The van der Waals surface area contributed by atoms with Crippen molar-refractivity contribution >= 4 is 33.5 Å². The second-order valence-electron chi connectivity index (χ2n) is 7.87. The average Bonchev–Trinajstić information content (AvgIpc) is 2.82. The van der Waals surface area contributed by atoms with Gasteiger partial charge in [-0.1, -0.05) is 11.6 Å². The number of benzene rings is 2. The van der Waals surface area contributed by atoms with Crippen LogP contribution in [0.2, 0.25) is 5.02 Å². The molecule has 1 atom stereocenters. The first-order valence-electron chi connectivity index (χ1n) is 10.6. The number of carbonyl (C=O) groups is 2. The van der Waals surface area contributed by atoms with Crippen molar-refractivity contribution in [1.29, 1.82) is 0 Å². The number of ether oxygens (including phenoxy) is 2. The van der Waals surface area contributed by atoms with E-state index in [0.717, 1.165) is 10.7 Å². The van der Waals surface area contributed by atoms with Crippen molar-refractivity contribution in [2.24, 2.45) is 5.92 Å². The highest BCUT2D eigenvalue weighted by atomic mass is 35.5. The Morgan fingerprint density at radius 3 is 2.36 bits per heavy atom. The number of hydrogen-bond acceptors (Lipinski definition) is 6. The van der Waals surface area contributed by atoms with Gasteiger partial charge >= 0.3 is 5.97 Å². The Bertz CT molecular complexity index is 1070. The smallest absolute Gasteiger partial charge is 0.310 e. The molecule has 1 aliphatic rings. The van der Waals surface area contributed by atoms with Crippen LogP contribution in [0.5, 0.6) is 5.75 Å². The van der Waals surface area contributed by atoms with Gasteiger partial charge in [0.05, 0.1) is 10.8 Å². The summed E-state index contributed by atoms with van der Waals surface area (Å²) in [7, 11) is -0.567. The number of nitrogens with zero attached hydrogens (tertiary/aromatic N) is 2. The van der Waals surface area contributed by atoms with Gasteiger partial charge in [-0.2, -0.15) is 0 Å². The van der Waals surface area contributed by atoms with E-state index in [0.29, 0.717) is 35.8 Å². The Kier molecular flexibility index (Phi) is 8.34. The van der Waals surface area contributed by atoms with Crippen molar-refractivity contribution in [3.05, 3.63) is 59.1 Å². The Morgan fingerprint density at radius 2 is 1.73 bits per heavy atom. The van der Waals surface area contributed by atoms with Crippen LogP contribution in [-0.2, 0) is 19.6 Å². The molecule has 0 spiro atoms. The van der Waals surface area contributed by atoms with Gasteiger partial charge in [0.15, 0.2) is 0 Å². The van der Waals surface area contributed by atoms with E-state index in [-0.39, 0.29) is 35.9 Å². The minimum atomic E-state index is -3.50. The van der Waals surface area contributed by atoms with Gasteiger partial charge in [0.2, 0.25) is 10.0 Å². The molecule has 0 radical (unpaired) electrons. The van der Waals surface area contributed by atoms with Crippen molar-refractivity contribution in [1.82, 2.24) is 9.21 Å². The summed E-state index contributed by atoms with van der Waals surface area (Å²) in [5, 5.41) is 0.559. The average molecular weight is 495 g/mol. The van der Waals surface area contributed by atoms with Crippen LogP contribution in [0.4, 0.5) is 0 Å². The summed E-state index contributed by atoms with van der Waals surface area (Å²) in [5.74, 6) is -0.404. The number of likely N-dealkylation sites (tertiary alicyclic amines) is 1. The summed E-state index contributed by atoms with van der Waals surface area (Å²) >= 11 is 5.88. The van der Waals surface area contributed by atoms with Crippen LogP contribution in [0.15, 0.2) is 53.4 Å². The number of esters is 1. The van der Waals surface area contributed by atoms with E-state index < -0.39 is 10.0 Å². The lowest BCUT2D eigenvalue weighted by Gasteiger charge is -2.31. The van der Waals surface area contributed by atoms with E-state index in [1.54, 1.807) is 41.3 Å². The molecule has 1 aliphatic heterocycles. The van der Waals surface area contributed by atoms with Crippen molar-refractivity contribution in [2.75, 3.05) is 40.4 Å². The fourth-order valence-corrected chi connectivity index (χ4v) is 4.49. The Labute approximate surface area is 199 Å². The molecule has 1 amide bonds. The molecular formula is C23H27ClN2O6S. The number of amides is 1. The fourth-order valence-electron chi connectivity index (χ4n) is 3.47. The molecule has 3 rings (SSSR count). The topological polar surface area (TPSA) is 93.2 Å². The standard InChI is InChI=1S/C23H27ClN2O6S/c1-25(2)33(29,30)21-11-9-20(10-12-21)31-14-15-32-23(28)18-4-3-13-26(16-18)22(27)17-5-7-19(24)8-6-17/h5-12,18H,3-4,13-16H2,1-2H3/t18-/m1/s1. The Hall–Kier alpha value is -2.62. The molecule has 2 aromatic carbocycles. The maximum Gasteiger partial charge on any atom is 0.310 e. The molecule has 0 unspecified atom stereocenters. The molecule has 0 aliphatic carbocycles. The van der Waals surface area contributed by atoms with Gasteiger partial charge < -0.3 is 14.4 Å². The predicted molar refractivity (Wildman–Crippen MR) is 124 cm³/mol. The molecule has 1 saturated heterocycles. The van der Waals surface area contributed by atoms with Crippen LogP contribution >= 0.6 is 11.6 Å². The van der Waals surface area contributed by atoms with Gasteiger partial charge in [0.25, 0.3) is 5.91 Å². The SMILES string of the molecule is CN(C)S(=O)(=O)c1ccc(OCCOC(=O)[C@@H]2CCCN(C(=O)c3ccc(Cl)cc3)C2)cc1. The van der Waals surface area contributed by atoms with Gasteiger partial charge in [0.1, 0.15) is 19.0 Å². The lowest BCUT2D eigenvalue weighted by Crippen LogP contribution is -2.43. The van der Waals surface area contributed by atoms with Gasteiger partial charge in [0, 0.05) is 37.8 Å². The first-order chi connectivity index (χ1) is 15.7. The summed E-state index contributed by atoms with van der Waals surface area (Å²) in [5.41, 5.74) is 0.534. The molecule has 0 bridgehead atoms. The van der Waals surface area contributed by atoms with Gasteiger partial charge in [-0.05, 0) is 61.4 Å². The summed E-state index contributed by atoms with van der Waals surface area (Å²) in [6.07, 6.45) is 1.38. The van der Waals surface area contributed by atoms with Gasteiger partial charge in [-0.15, -0.1) is 0 Å². The minimum Gasteiger partial charge on any atom is -0.490 e. The molecule has 0 aromatic heterocycles. The van der Waals surface area contributed by atoms with E-state index >= 15 is 0 Å². The molecule has 2 aromatic rings. The van der Waals surface area contributed by atoms with Crippen LogP contribution in [0.1, 0.15) is 23.2 Å². The van der Waals surface area contributed by atoms with E-state index in [1.807, 2.05) is 0 Å². The van der Waals surface area contributed by atoms with Crippen LogP contribution in [0.3, 0.4) is 0 Å². The van der Waals surface area contributed by atoms with Crippen LogP contribution < -0.4 is 4.74 Å². The molecule has 0 saturated carbocycles.